The van der Waals surface area contributed by atoms with E-state index in [1.807, 2.05) is 6.92 Å². The first-order valence-corrected chi connectivity index (χ1v) is 7.30. The molecule has 0 aromatic rings. The average molecular weight is 234 g/mol. The SMILES string of the molecule is CCCS(=O)(=O)N1C[C@@H](CCN)[C@H](C)C1. The molecule has 1 heterocycles. The first-order valence-electron chi connectivity index (χ1n) is 5.69. The van der Waals surface area contributed by atoms with Crippen LogP contribution in [0.1, 0.15) is 26.7 Å². The van der Waals surface area contributed by atoms with Gasteiger partial charge in [-0.15, -0.1) is 0 Å². The summed E-state index contributed by atoms with van der Waals surface area (Å²) >= 11 is 0. The molecule has 2 atom stereocenters. The van der Waals surface area contributed by atoms with Crippen LogP contribution in [0, 0.1) is 11.8 Å². The van der Waals surface area contributed by atoms with E-state index in [0.29, 0.717) is 37.9 Å². The van der Waals surface area contributed by atoms with Gasteiger partial charge in [0.2, 0.25) is 10.0 Å². The smallest absolute Gasteiger partial charge is 0.214 e. The summed E-state index contributed by atoms with van der Waals surface area (Å²) in [6.07, 6.45) is 1.62. The summed E-state index contributed by atoms with van der Waals surface area (Å²) in [5, 5.41) is 0. The van der Waals surface area contributed by atoms with Crippen LogP contribution in [0.3, 0.4) is 0 Å². The molecule has 15 heavy (non-hydrogen) atoms. The molecule has 0 amide bonds. The van der Waals surface area contributed by atoms with E-state index in [4.69, 9.17) is 5.73 Å². The van der Waals surface area contributed by atoms with Crippen LogP contribution in [-0.2, 0) is 10.0 Å². The molecule has 0 unspecified atom stereocenters. The number of nitrogens with zero attached hydrogens (tertiary/aromatic N) is 1. The molecule has 4 nitrogen and oxygen atoms in total. The monoisotopic (exact) mass is 234 g/mol. The van der Waals surface area contributed by atoms with E-state index >= 15 is 0 Å². The average Bonchev–Trinajstić information content (AvgIpc) is 2.49. The Balaban J connectivity index is 2.61. The third-order valence-electron chi connectivity index (χ3n) is 3.13. The highest BCUT2D eigenvalue weighted by Gasteiger charge is 2.35. The predicted octanol–water partition coefficient (Wildman–Crippen LogP) is 0.643. The molecule has 1 aliphatic heterocycles. The topological polar surface area (TPSA) is 63.4 Å². The normalized spacial score (nSPS) is 28.5. The first-order chi connectivity index (χ1) is 7.01. The summed E-state index contributed by atoms with van der Waals surface area (Å²) in [7, 11) is -3.00. The fourth-order valence-corrected chi connectivity index (χ4v) is 3.85. The molecule has 0 aromatic carbocycles. The van der Waals surface area contributed by atoms with Crippen LogP contribution >= 0.6 is 0 Å². The summed E-state index contributed by atoms with van der Waals surface area (Å²) in [6.45, 7) is 6.00. The number of rotatable bonds is 5. The van der Waals surface area contributed by atoms with E-state index in [1.165, 1.54) is 0 Å². The molecule has 0 aliphatic carbocycles. The molecular weight excluding hydrogens is 212 g/mol. The van der Waals surface area contributed by atoms with Crippen molar-refractivity contribution in [1.82, 2.24) is 4.31 Å². The Morgan fingerprint density at radius 2 is 2.07 bits per heavy atom. The van der Waals surface area contributed by atoms with Crippen molar-refractivity contribution in [1.29, 1.82) is 0 Å². The lowest BCUT2D eigenvalue weighted by molar-refractivity contribution is 0.424. The van der Waals surface area contributed by atoms with Crippen molar-refractivity contribution in [2.75, 3.05) is 25.4 Å². The molecule has 1 saturated heterocycles. The first kappa shape index (κ1) is 12.9. The van der Waals surface area contributed by atoms with Gasteiger partial charge in [0.05, 0.1) is 5.75 Å². The molecule has 90 valence electrons. The molecule has 0 radical (unpaired) electrons. The minimum Gasteiger partial charge on any atom is -0.330 e. The Morgan fingerprint density at radius 1 is 1.40 bits per heavy atom. The Hall–Kier alpha value is -0.130. The number of hydrogen-bond acceptors (Lipinski definition) is 3. The lowest BCUT2D eigenvalue weighted by Crippen LogP contribution is -2.31. The Labute approximate surface area is 92.9 Å². The second kappa shape index (κ2) is 5.27. The fraction of sp³-hybridized carbons (Fsp3) is 1.00. The van der Waals surface area contributed by atoms with Crippen molar-refractivity contribution in [3.8, 4) is 0 Å². The van der Waals surface area contributed by atoms with Crippen LogP contribution in [0.2, 0.25) is 0 Å². The molecule has 1 rings (SSSR count). The molecule has 0 aromatic heterocycles. The Morgan fingerprint density at radius 3 is 2.60 bits per heavy atom. The van der Waals surface area contributed by atoms with Crippen molar-refractivity contribution in [2.45, 2.75) is 26.7 Å². The van der Waals surface area contributed by atoms with Crippen molar-refractivity contribution < 1.29 is 8.42 Å². The maximum absolute atomic E-state index is 11.8. The highest BCUT2D eigenvalue weighted by Crippen LogP contribution is 2.27. The van der Waals surface area contributed by atoms with Crippen molar-refractivity contribution in [3.63, 3.8) is 0 Å². The van der Waals surface area contributed by atoms with Crippen LogP contribution in [0.5, 0.6) is 0 Å². The molecule has 0 bridgehead atoms. The molecular formula is C10H22N2O2S. The van der Waals surface area contributed by atoms with Gasteiger partial charge >= 0.3 is 0 Å². The van der Waals surface area contributed by atoms with Crippen LogP contribution < -0.4 is 5.73 Å². The highest BCUT2D eigenvalue weighted by molar-refractivity contribution is 7.89. The summed E-state index contributed by atoms with van der Waals surface area (Å²) in [6, 6.07) is 0. The predicted molar refractivity (Wildman–Crippen MR) is 62.0 cm³/mol. The van der Waals surface area contributed by atoms with E-state index < -0.39 is 10.0 Å². The standard InChI is InChI=1S/C10H22N2O2S/c1-3-6-15(13,14)12-7-9(2)10(8-12)4-5-11/h9-10H,3-8,11H2,1-2H3/t9-,10-/m1/s1. The Kier molecular flexibility index (Phi) is 4.55. The van der Waals surface area contributed by atoms with E-state index in [0.717, 1.165) is 6.42 Å². The van der Waals surface area contributed by atoms with Crippen molar-refractivity contribution >= 4 is 10.0 Å². The van der Waals surface area contributed by atoms with Crippen LogP contribution in [0.15, 0.2) is 0 Å². The zero-order valence-corrected chi connectivity index (χ0v) is 10.5. The zero-order chi connectivity index (χ0) is 11.5. The second-order valence-electron chi connectivity index (χ2n) is 4.45. The van der Waals surface area contributed by atoms with Crippen LogP contribution in [0.25, 0.3) is 0 Å². The maximum atomic E-state index is 11.8. The second-order valence-corrected chi connectivity index (χ2v) is 6.54. The fourth-order valence-electron chi connectivity index (χ4n) is 2.19. The summed E-state index contributed by atoms with van der Waals surface area (Å²) in [4.78, 5) is 0. The van der Waals surface area contributed by atoms with Gasteiger partial charge in [-0.25, -0.2) is 12.7 Å². The number of hydrogen-bond donors (Lipinski definition) is 1. The Bertz CT molecular complexity index is 290. The van der Waals surface area contributed by atoms with E-state index in [2.05, 4.69) is 6.92 Å². The minimum absolute atomic E-state index is 0.273. The van der Waals surface area contributed by atoms with Crippen molar-refractivity contribution in [3.05, 3.63) is 0 Å². The van der Waals surface area contributed by atoms with Gasteiger partial charge in [-0.2, -0.15) is 0 Å². The number of nitrogens with two attached hydrogens (primary N) is 1. The lowest BCUT2D eigenvalue weighted by Gasteiger charge is -2.15. The lowest BCUT2D eigenvalue weighted by atomic mass is 9.95. The molecule has 1 aliphatic rings. The summed E-state index contributed by atoms with van der Waals surface area (Å²) in [5.74, 6) is 1.16. The molecule has 2 N–H and O–H groups in total. The third-order valence-corrected chi connectivity index (χ3v) is 5.14. The maximum Gasteiger partial charge on any atom is 0.214 e. The van der Waals surface area contributed by atoms with E-state index in [-0.39, 0.29) is 5.75 Å². The largest absolute Gasteiger partial charge is 0.330 e. The highest BCUT2D eigenvalue weighted by atomic mass is 32.2. The molecule has 0 spiro atoms. The van der Waals surface area contributed by atoms with Crippen LogP contribution in [-0.4, -0.2) is 38.1 Å². The van der Waals surface area contributed by atoms with Gasteiger partial charge in [0, 0.05) is 13.1 Å². The molecule has 5 heteroatoms. The molecule has 0 saturated carbocycles. The van der Waals surface area contributed by atoms with Gasteiger partial charge in [-0.1, -0.05) is 13.8 Å². The van der Waals surface area contributed by atoms with Gasteiger partial charge in [-0.05, 0) is 31.2 Å². The van der Waals surface area contributed by atoms with E-state index in [9.17, 15) is 8.42 Å². The summed E-state index contributed by atoms with van der Waals surface area (Å²) in [5.41, 5.74) is 5.52. The van der Waals surface area contributed by atoms with Gasteiger partial charge in [0.1, 0.15) is 0 Å². The number of sulfonamides is 1. The molecule has 1 fully saturated rings. The van der Waals surface area contributed by atoms with Crippen LogP contribution in [0.4, 0.5) is 0 Å². The van der Waals surface area contributed by atoms with Gasteiger partial charge < -0.3 is 5.73 Å². The zero-order valence-electron chi connectivity index (χ0n) is 9.65. The van der Waals surface area contributed by atoms with Gasteiger partial charge in [0.15, 0.2) is 0 Å². The third kappa shape index (κ3) is 3.16. The summed E-state index contributed by atoms with van der Waals surface area (Å²) < 4.78 is 25.3. The van der Waals surface area contributed by atoms with Crippen molar-refractivity contribution in [2.24, 2.45) is 17.6 Å². The van der Waals surface area contributed by atoms with Gasteiger partial charge in [-0.3, -0.25) is 0 Å². The quantitative estimate of drug-likeness (QED) is 0.759. The minimum atomic E-state index is -3.00. The van der Waals surface area contributed by atoms with E-state index in [1.54, 1.807) is 4.31 Å². The van der Waals surface area contributed by atoms with Gasteiger partial charge in [0.25, 0.3) is 0 Å².